The third-order valence-corrected chi connectivity index (χ3v) is 4.44. The first-order chi connectivity index (χ1) is 9.22. The van der Waals surface area contributed by atoms with Crippen LogP contribution in [0.2, 0.25) is 0 Å². The molecule has 1 aliphatic carbocycles. The highest BCUT2D eigenvalue weighted by Gasteiger charge is 2.36. The lowest BCUT2D eigenvalue weighted by Crippen LogP contribution is -2.33. The fourth-order valence-corrected chi connectivity index (χ4v) is 3.38. The van der Waals surface area contributed by atoms with Gasteiger partial charge in [0.05, 0.1) is 6.61 Å². The molecule has 2 aliphatic rings. The SMILES string of the molecule is CCNC(=O)[C@@H](C)C1COc2ccc3c(c21)CCC3. The summed E-state index contributed by atoms with van der Waals surface area (Å²) >= 11 is 0. The number of carbonyl (C=O) groups excluding carboxylic acids is 1. The fraction of sp³-hybridized carbons (Fsp3) is 0.562. The summed E-state index contributed by atoms with van der Waals surface area (Å²) in [6.45, 7) is 5.31. The maximum atomic E-state index is 12.1. The molecule has 0 aromatic heterocycles. The van der Waals surface area contributed by atoms with Crippen LogP contribution in [0.4, 0.5) is 0 Å². The zero-order valence-electron chi connectivity index (χ0n) is 11.7. The Balaban J connectivity index is 1.93. The minimum absolute atomic E-state index is 0.0201. The average molecular weight is 259 g/mol. The highest BCUT2D eigenvalue weighted by Crippen LogP contribution is 2.44. The maximum absolute atomic E-state index is 12.1. The Hall–Kier alpha value is -1.51. The molecule has 0 fully saturated rings. The number of fused-ring (bicyclic) bond motifs is 3. The van der Waals surface area contributed by atoms with Gasteiger partial charge in [-0.25, -0.2) is 0 Å². The normalized spacial score (nSPS) is 21.5. The third-order valence-electron chi connectivity index (χ3n) is 4.44. The van der Waals surface area contributed by atoms with E-state index in [1.54, 1.807) is 0 Å². The molecule has 2 atom stereocenters. The van der Waals surface area contributed by atoms with Crippen molar-refractivity contribution in [3.63, 3.8) is 0 Å². The molecule has 0 saturated carbocycles. The van der Waals surface area contributed by atoms with Crippen molar-refractivity contribution >= 4 is 5.91 Å². The van der Waals surface area contributed by atoms with Crippen LogP contribution in [-0.2, 0) is 17.6 Å². The minimum Gasteiger partial charge on any atom is -0.493 e. The summed E-state index contributed by atoms with van der Waals surface area (Å²) in [6.07, 6.45) is 3.54. The van der Waals surface area contributed by atoms with Gasteiger partial charge in [0.1, 0.15) is 5.75 Å². The molecule has 3 rings (SSSR count). The van der Waals surface area contributed by atoms with Gasteiger partial charge in [0.2, 0.25) is 5.91 Å². The summed E-state index contributed by atoms with van der Waals surface area (Å²) in [5.74, 6) is 1.34. The molecule has 0 bridgehead atoms. The van der Waals surface area contributed by atoms with Gasteiger partial charge in [0.25, 0.3) is 0 Å². The summed E-state index contributed by atoms with van der Waals surface area (Å²) < 4.78 is 5.81. The average Bonchev–Trinajstić information content (AvgIpc) is 3.03. The molecule has 1 amide bonds. The van der Waals surface area contributed by atoms with Crippen LogP contribution in [0.5, 0.6) is 5.75 Å². The molecular formula is C16H21NO2. The lowest BCUT2D eigenvalue weighted by atomic mass is 9.84. The number of ether oxygens (including phenoxy) is 1. The van der Waals surface area contributed by atoms with Crippen LogP contribution in [0.15, 0.2) is 12.1 Å². The zero-order chi connectivity index (χ0) is 13.4. The van der Waals surface area contributed by atoms with E-state index in [-0.39, 0.29) is 17.7 Å². The van der Waals surface area contributed by atoms with E-state index in [1.807, 2.05) is 13.8 Å². The van der Waals surface area contributed by atoms with Crippen LogP contribution in [-0.4, -0.2) is 19.1 Å². The zero-order valence-corrected chi connectivity index (χ0v) is 11.7. The molecule has 1 unspecified atom stereocenters. The number of amides is 1. The Labute approximate surface area is 114 Å². The van der Waals surface area contributed by atoms with E-state index in [0.717, 1.165) is 12.2 Å². The molecule has 102 valence electrons. The monoisotopic (exact) mass is 259 g/mol. The van der Waals surface area contributed by atoms with Gasteiger partial charge in [-0.3, -0.25) is 4.79 Å². The Morgan fingerprint density at radius 3 is 3.11 bits per heavy atom. The third kappa shape index (κ3) is 2.01. The fourth-order valence-electron chi connectivity index (χ4n) is 3.38. The number of nitrogens with one attached hydrogen (secondary N) is 1. The van der Waals surface area contributed by atoms with Crippen molar-refractivity contribution in [1.82, 2.24) is 5.32 Å². The van der Waals surface area contributed by atoms with Crippen molar-refractivity contribution in [2.45, 2.75) is 39.0 Å². The van der Waals surface area contributed by atoms with Crippen LogP contribution in [0.1, 0.15) is 42.9 Å². The molecule has 1 heterocycles. The first-order valence-electron chi connectivity index (χ1n) is 7.27. The molecule has 1 aliphatic heterocycles. The largest absolute Gasteiger partial charge is 0.493 e. The quantitative estimate of drug-likeness (QED) is 0.905. The number of hydrogen-bond donors (Lipinski definition) is 1. The number of carbonyl (C=O) groups is 1. The molecule has 3 nitrogen and oxygen atoms in total. The Morgan fingerprint density at radius 2 is 2.32 bits per heavy atom. The molecule has 19 heavy (non-hydrogen) atoms. The Bertz CT molecular complexity index is 510. The lowest BCUT2D eigenvalue weighted by Gasteiger charge is -2.19. The molecular weight excluding hydrogens is 238 g/mol. The minimum atomic E-state index is -0.0201. The number of rotatable bonds is 3. The number of aryl methyl sites for hydroxylation is 1. The van der Waals surface area contributed by atoms with Gasteiger partial charge < -0.3 is 10.1 Å². The van der Waals surface area contributed by atoms with Crippen molar-refractivity contribution < 1.29 is 9.53 Å². The molecule has 0 radical (unpaired) electrons. The lowest BCUT2D eigenvalue weighted by molar-refractivity contribution is -0.125. The molecule has 0 saturated heterocycles. The van der Waals surface area contributed by atoms with E-state index < -0.39 is 0 Å². The van der Waals surface area contributed by atoms with E-state index in [4.69, 9.17) is 4.74 Å². The van der Waals surface area contributed by atoms with Crippen molar-refractivity contribution in [2.24, 2.45) is 5.92 Å². The smallest absolute Gasteiger partial charge is 0.223 e. The van der Waals surface area contributed by atoms with Crippen LogP contribution in [0.3, 0.4) is 0 Å². The summed E-state index contributed by atoms with van der Waals surface area (Å²) in [5, 5.41) is 2.93. The Morgan fingerprint density at radius 1 is 1.47 bits per heavy atom. The van der Waals surface area contributed by atoms with Crippen LogP contribution >= 0.6 is 0 Å². The van der Waals surface area contributed by atoms with Gasteiger partial charge in [0, 0.05) is 23.9 Å². The molecule has 3 heteroatoms. The summed E-state index contributed by atoms with van der Waals surface area (Å²) in [5.41, 5.74) is 4.22. The first-order valence-corrected chi connectivity index (χ1v) is 7.27. The van der Waals surface area contributed by atoms with Crippen LogP contribution < -0.4 is 10.1 Å². The van der Waals surface area contributed by atoms with Crippen molar-refractivity contribution in [3.05, 3.63) is 28.8 Å². The van der Waals surface area contributed by atoms with Crippen molar-refractivity contribution in [2.75, 3.05) is 13.2 Å². The van der Waals surface area contributed by atoms with Crippen molar-refractivity contribution in [1.29, 1.82) is 0 Å². The maximum Gasteiger partial charge on any atom is 0.223 e. The Kier molecular flexibility index (Phi) is 3.21. The predicted octanol–water partition coefficient (Wildman–Crippen LogP) is 2.42. The van der Waals surface area contributed by atoms with Gasteiger partial charge in [0.15, 0.2) is 0 Å². The highest BCUT2D eigenvalue weighted by molar-refractivity contribution is 5.80. The topological polar surface area (TPSA) is 38.3 Å². The summed E-state index contributed by atoms with van der Waals surface area (Å²) in [6, 6.07) is 4.28. The molecule has 1 aromatic carbocycles. The number of benzene rings is 1. The standard InChI is InChI=1S/C16H21NO2/c1-3-17-16(18)10(2)13-9-19-14-8-7-11-5-4-6-12(11)15(13)14/h7-8,10,13H,3-6,9H2,1-2H3,(H,17,18)/t10-,13?/m0/s1. The van der Waals surface area contributed by atoms with E-state index in [1.165, 1.54) is 29.5 Å². The first kappa shape index (κ1) is 12.5. The van der Waals surface area contributed by atoms with Gasteiger partial charge in [-0.2, -0.15) is 0 Å². The van der Waals surface area contributed by atoms with Gasteiger partial charge >= 0.3 is 0 Å². The second-order valence-corrected chi connectivity index (χ2v) is 5.57. The van der Waals surface area contributed by atoms with E-state index >= 15 is 0 Å². The van der Waals surface area contributed by atoms with Gasteiger partial charge in [-0.15, -0.1) is 0 Å². The van der Waals surface area contributed by atoms with Gasteiger partial charge in [-0.05, 0) is 43.4 Å². The van der Waals surface area contributed by atoms with Crippen LogP contribution in [0.25, 0.3) is 0 Å². The number of hydrogen-bond acceptors (Lipinski definition) is 2. The second-order valence-electron chi connectivity index (χ2n) is 5.57. The van der Waals surface area contributed by atoms with E-state index in [9.17, 15) is 4.79 Å². The van der Waals surface area contributed by atoms with Crippen molar-refractivity contribution in [3.8, 4) is 5.75 Å². The predicted molar refractivity (Wildman–Crippen MR) is 74.6 cm³/mol. The van der Waals surface area contributed by atoms with E-state index in [0.29, 0.717) is 13.2 Å². The summed E-state index contributed by atoms with van der Waals surface area (Å²) in [7, 11) is 0. The molecule has 1 N–H and O–H groups in total. The molecule has 0 spiro atoms. The van der Waals surface area contributed by atoms with E-state index in [2.05, 4.69) is 17.4 Å². The second kappa shape index (κ2) is 4.87. The molecule has 1 aromatic rings. The van der Waals surface area contributed by atoms with Gasteiger partial charge in [-0.1, -0.05) is 13.0 Å². The highest BCUT2D eigenvalue weighted by atomic mass is 16.5. The summed E-state index contributed by atoms with van der Waals surface area (Å²) in [4.78, 5) is 12.1. The van der Waals surface area contributed by atoms with Crippen LogP contribution in [0, 0.1) is 5.92 Å².